The van der Waals surface area contributed by atoms with Gasteiger partial charge in [-0.05, 0) is 49.4 Å². The first-order valence-corrected chi connectivity index (χ1v) is 7.01. The summed E-state index contributed by atoms with van der Waals surface area (Å²) in [5.41, 5.74) is -1.14. The van der Waals surface area contributed by atoms with Crippen LogP contribution in [0.1, 0.15) is 53.4 Å². The molecule has 0 amide bonds. The van der Waals surface area contributed by atoms with Gasteiger partial charge in [0, 0.05) is 11.8 Å². The molecule has 0 aliphatic heterocycles. The van der Waals surface area contributed by atoms with E-state index in [0.717, 1.165) is 12.8 Å². The van der Waals surface area contributed by atoms with Gasteiger partial charge in [-0.2, -0.15) is 0 Å². The molecule has 0 aromatic carbocycles. The molecule has 17 heavy (non-hydrogen) atoms. The molecule has 0 saturated heterocycles. The highest BCUT2D eigenvalue weighted by atomic mass is 16.3. The van der Waals surface area contributed by atoms with Gasteiger partial charge in [0.15, 0.2) is 5.78 Å². The highest BCUT2D eigenvalue weighted by Gasteiger charge is 2.74. The van der Waals surface area contributed by atoms with Crippen molar-refractivity contribution >= 4 is 5.78 Å². The minimum absolute atomic E-state index is 0.0958. The van der Waals surface area contributed by atoms with E-state index in [1.165, 1.54) is 6.42 Å². The third-order valence-electron chi connectivity index (χ3n) is 6.87. The van der Waals surface area contributed by atoms with E-state index in [9.17, 15) is 9.90 Å². The Balaban J connectivity index is 2.21. The van der Waals surface area contributed by atoms with Gasteiger partial charge in [-0.15, -0.1) is 0 Å². The van der Waals surface area contributed by atoms with E-state index in [2.05, 4.69) is 20.8 Å². The van der Waals surface area contributed by atoms with Gasteiger partial charge in [-0.1, -0.05) is 20.8 Å². The molecule has 0 radical (unpaired) electrons. The van der Waals surface area contributed by atoms with Gasteiger partial charge in [-0.3, -0.25) is 4.79 Å². The summed E-state index contributed by atoms with van der Waals surface area (Å²) < 4.78 is 0. The second kappa shape index (κ2) is 2.96. The van der Waals surface area contributed by atoms with Crippen LogP contribution < -0.4 is 0 Å². The normalized spacial score (nSPS) is 56.1. The number of Topliss-reactive ketones (excluding diaryl/α,β-unsaturated/α-hetero) is 1. The molecule has 2 nitrogen and oxygen atoms in total. The fourth-order valence-corrected chi connectivity index (χ4v) is 5.77. The summed E-state index contributed by atoms with van der Waals surface area (Å²) in [6.45, 7) is 8.67. The van der Waals surface area contributed by atoms with E-state index in [-0.39, 0.29) is 16.6 Å². The third kappa shape index (κ3) is 1.01. The minimum Gasteiger partial charge on any atom is -0.382 e. The molecular formula is C15H24O2. The molecule has 2 heteroatoms. The van der Waals surface area contributed by atoms with Crippen molar-refractivity contribution in [2.45, 2.75) is 59.0 Å². The van der Waals surface area contributed by atoms with Crippen LogP contribution in [0.25, 0.3) is 0 Å². The topological polar surface area (TPSA) is 37.3 Å². The van der Waals surface area contributed by atoms with Gasteiger partial charge in [0.2, 0.25) is 0 Å². The number of aliphatic hydroxyl groups is 1. The summed E-state index contributed by atoms with van der Waals surface area (Å²) in [5, 5.41) is 10.9. The van der Waals surface area contributed by atoms with Gasteiger partial charge in [0.05, 0.1) is 0 Å². The van der Waals surface area contributed by atoms with Crippen molar-refractivity contribution < 1.29 is 9.90 Å². The Labute approximate surface area is 104 Å². The van der Waals surface area contributed by atoms with Gasteiger partial charge in [0.25, 0.3) is 0 Å². The third-order valence-corrected chi connectivity index (χ3v) is 6.87. The summed E-state index contributed by atoms with van der Waals surface area (Å²) in [5.74, 6) is 1.79. The van der Waals surface area contributed by atoms with Crippen molar-refractivity contribution in [3.05, 3.63) is 0 Å². The lowest BCUT2D eigenvalue weighted by Crippen LogP contribution is -2.62. The molecule has 0 unspecified atom stereocenters. The predicted octanol–water partition coefficient (Wildman–Crippen LogP) is 2.79. The molecule has 0 aromatic heterocycles. The first kappa shape index (κ1) is 11.7. The SMILES string of the molecule is C[C@@H]1CC[C@@]23[C@@H]1C[C@H](CC(=O)[C@@]2(C)O)C3(C)C. The van der Waals surface area contributed by atoms with Crippen molar-refractivity contribution in [3.63, 3.8) is 0 Å². The summed E-state index contributed by atoms with van der Waals surface area (Å²) in [4.78, 5) is 12.3. The lowest BCUT2D eigenvalue weighted by Gasteiger charge is -2.55. The Morgan fingerprint density at radius 2 is 1.94 bits per heavy atom. The van der Waals surface area contributed by atoms with Crippen LogP contribution in [0.15, 0.2) is 0 Å². The highest BCUT2D eigenvalue weighted by Crippen LogP contribution is 2.74. The number of rotatable bonds is 0. The van der Waals surface area contributed by atoms with Crippen molar-refractivity contribution in [3.8, 4) is 0 Å². The maximum absolute atomic E-state index is 12.3. The second-order valence-electron chi connectivity index (χ2n) is 7.45. The van der Waals surface area contributed by atoms with Crippen LogP contribution in [0.2, 0.25) is 0 Å². The first-order valence-electron chi connectivity index (χ1n) is 7.01. The van der Waals surface area contributed by atoms with E-state index < -0.39 is 5.60 Å². The van der Waals surface area contributed by atoms with Crippen LogP contribution >= 0.6 is 0 Å². The van der Waals surface area contributed by atoms with E-state index >= 15 is 0 Å². The van der Waals surface area contributed by atoms with Crippen LogP contribution in [0.3, 0.4) is 0 Å². The standard InChI is InChI=1S/C15H24O2/c1-9-5-6-15-11(9)7-10(13(15,2)3)8-12(16)14(15,4)17/h9-11,17H,5-8H2,1-4H3/t9-,10-,11-,14-,15+/m1/s1. The van der Waals surface area contributed by atoms with E-state index in [1.807, 2.05) is 0 Å². The van der Waals surface area contributed by atoms with E-state index in [4.69, 9.17) is 0 Å². The van der Waals surface area contributed by atoms with Crippen molar-refractivity contribution in [1.82, 2.24) is 0 Å². The minimum atomic E-state index is -1.10. The van der Waals surface area contributed by atoms with Gasteiger partial charge in [-0.25, -0.2) is 0 Å². The summed E-state index contributed by atoms with van der Waals surface area (Å²) in [6.07, 6.45) is 3.94. The number of hydrogen-bond acceptors (Lipinski definition) is 2. The lowest BCUT2D eigenvalue weighted by molar-refractivity contribution is -0.183. The molecule has 96 valence electrons. The van der Waals surface area contributed by atoms with Gasteiger partial charge >= 0.3 is 0 Å². The number of fused-ring (bicyclic) bond motifs is 1. The largest absolute Gasteiger partial charge is 0.382 e. The molecule has 0 aromatic rings. The summed E-state index contributed by atoms with van der Waals surface area (Å²) in [7, 11) is 0. The maximum atomic E-state index is 12.3. The fraction of sp³-hybridized carbons (Fsp3) is 0.933. The number of carbonyl (C=O) groups excluding carboxylic acids is 1. The van der Waals surface area contributed by atoms with Gasteiger partial charge in [0.1, 0.15) is 5.60 Å². The summed E-state index contributed by atoms with van der Waals surface area (Å²) in [6, 6.07) is 0. The molecule has 0 heterocycles. The Kier molecular flexibility index (Phi) is 2.04. The molecule has 3 aliphatic carbocycles. The number of ketones is 1. The van der Waals surface area contributed by atoms with E-state index in [0.29, 0.717) is 24.2 Å². The van der Waals surface area contributed by atoms with Crippen LogP contribution in [0.5, 0.6) is 0 Å². The molecule has 3 saturated carbocycles. The molecule has 1 spiro atoms. The zero-order valence-electron chi connectivity index (χ0n) is 11.4. The van der Waals surface area contributed by atoms with E-state index in [1.54, 1.807) is 6.92 Å². The van der Waals surface area contributed by atoms with Crippen LogP contribution in [-0.4, -0.2) is 16.5 Å². The Bertz CT molecular complexity index is 382. The maximum Gasteiger partial charge on any atom is 0.164 e. The molecule has 5 atom stereocenters. The number of carbonyl (C=O) groups is 1. The average molecular weight is 236 g/mol. The zero-order chi connectivity index (χ0) is 12.6. The van der Waals surface area contributed by atoms with Crippen molar-refractivity contribution in [1.29, 1.82) is 0 Å². The Morgan fingerprint density at radius 1 is 1.29 bits per heavy atom. The quantitative estimate of drug-likeness (QED) is 0.702. The Morgan fingerprint density at radius 3 is 2.59 bits per heavy atom. The Hall–Kier alpha value is -0.370. The van der Waals surface area contributed by atoms with Crippen LogP contribution in [0.4, 0.5) is 0 Å². The first-order chi connectivity index (χ1) is 7.75. The number of hydrogen-bond donors (Lipinski definition) is 1. The van der Waals surface area contributed by atoms with Crippen LogP contribution in [0, 0.1) is 28.6 Å². The molecule has 3 rings (SSSR count). The second-order valence-corrected chi connectivity index (χ2v) is 7.45. The molecule has 3 fully saturated rings. The molecule has 1 N–H and O–H groups in total. The monoisotopic (exact) mass is 236 g/mol. The lowest BCUT2D eigenvalue weighted by atomic mass is 9.50. The van der Waals surface area contributed by atoms with Gasteiger partial charge < -0.3 is 5.11 Å². The fourth-order valence-electron chi connectivity index (χ4n) is 5.77. The smallest absolute Gasteiger partial charge is 0.164 e. The molecule has 2 bridgehead atoms. The average Bonchev–Trinajstić information content (AvgIpc) is 2.62. The van der Waals surface area contributed by atoms with Crippen LogP contribution in [-0.2, 0) is 4.79 Å². The predicted molar refractivity (Wildman–Crippen MR) is 66.5 cm³/mol. The summed E-state index contributed by atoms with van der Waals surface area (Å²) >= 11 is 0. The molecule has 3 aliphatic rings. The molecular weight excluding hydrogens is 212 g/mol. The zero-order valence-corrected chi connectivity index (χ0v) is 11.4. The van der Waals surface area contributed by atoms with Crippen molar-refractivity contribution in [2.24, 2.45) is 28.6 Å². The highest BCUT2D eigenvalue weighted by molar-refractivity contribution is 5.90. The van der Waals surface area contributed by atoms with Crippen molar-refractivity contribution in [2.75, 3.05) is 0 Å².